The number of hydrogen-bond donors (Lipinski definition) is 0. The molecule has 28 heavy (non-hydrogen) atoms. The second-order valence-corrected chi connectivity index (χ2v) is 7.76. The van der Waals surface area contributed by atoms with Crippen LogP contribution in [0, 0.1) is 10.1 Å². The molecule has 0 amide bonds. The summed E-state index contributed by atoms with van der Waals surface area (Å²) in [6, 6.07) is 10.7. The van der Waals surface area contributed by atoms with Gasteiger partial charge in [0.25, 0.3) is 5.69 Å². The summed E-state index contributed by atoms with van der Waals surface area (Å²) >= 11 is 1.24. The number of Topliss-reactive ketones (excluding diaryl/α,β-unsaturated/α-hetero) is 1. The first kappa shape index (κ1) is 19.9. The predicted octanol–water partition coefficient (Wildman–Crippen LogP) is 2.62. The summed E-state index contributed by atoms with van der Waals surface area (Å²) in [5.41, 5.74) is 1.73. The minimum atomic E-state index is -0.772. The van der Waals surface area contributed by atoms with Gasteiger partial charge in [0.15, 0.2) is 6.29 Å². The number of thiophene rings is 1. The standard InChI is InChI=1S/C20H21N3O4S/c1-21-12-15(10-14-6-4-3-5-7-14)22(2)20(18(25)13-24)17(21)11-19-16(23(26)27)8-9-28-19/h3-9,11,13,15,20H,10,12H2,1-2H3. The second kappa shape index (κ2) is 8.45. The first-order valence-electron chi connectivity index (χ1n) is 8.82. The molecule has 0 spiro atoms. The molecule has 0 bridgehead atoms. The van der Waals surface area contributed by atoms with Gasteiger partial charge in [-0.2, -0.15) is 0 Å². The maximum Gasteiger partial charge on any atom is 0.287 e. The summed E-state index contributed by atoms with van der Waals surface area (Å²) in [6.07, 6.45) is 2.72. The molecule has 1 fully saturated rings. The van der Waals surface area contributed by atoms with Crippen LogP contribution in [0.1, 0.15) is 10.4 Å². The van der Waals surface area contributed by atoms with Gasteiger partial charge in [-0.15, -0.1) is 11.3 Å². The minimum absolute atomic E-state index is 0.00253. The maximum absolute atomic E-state index is 12.5. The number of rotatable bonds is 6. The van der Waals surface area contributed by atoms with Crippen molar-refractivity contribution in [1.29, 1.82) is 0 Å². The van der Waals surface area contributed by atoms with Crippen LogP contribution in [-0.2, 0) is 16.0 Å². The van der Waals surface area contributed by atoms with Crippen molar-refractivity contribution in [3.05, 3.63) is 68.0 Å². The lowest BCUT2D eigenvalue weighted by molar-refractivity contribution is -0.384. The third kappa shape index (κ3) is 4.02. The summed E-state index contributed by atoms with van der Waals surface area (Å²) in [5, 5.41) is 12.9. The molecule has 1 aromatic heterocycles. The minimum Gasteiger partial charge on any atom is -0.375 e. The van der Waals surface area contributed by atoms with Gasteiger partial charge < -0.3 is 4.90 Å². The van der Waals surface area contributed by atoms with E-state index in [1.54, 1.807) is 11.5 Å². The first-order valence-corrected chi connectivity index (χ1v) is 9.69. The predicted molar refractivity (Wildman–Crippen MR) is 108 cm³/mol. The van der Waals surface area contributed by atoms with E-state index in [2.05, 4.69) is 0 Å². The number of benzene rings is 1. The zero-order chi connectivity index (χ0) is 20.3. The topological polar surface area (TPSA) is 83.8 Å². The molecule has 0 saturated carbocycles. The molecule has 0 aliphatic carbocycles. The molecule has 7 nitrogen and oxygen atoms in total. The molecule has 146 valence electrons. The van der Waals surface area contributed by atoms with Crippen molar-refractivity contribution in [1.82, 2.24) is 9.80 Å². The quantitative estimate of drug-likeness (QED) is 0.321. The normalized spacial score (nSPS) is 21.6. The van der Waals surface area contributed by atoms with Gasteiger partial charge in [0.05, 0.1) is 4.92 Å². The van der Waals surface area contributed by atoms with Crippen LogP contribution in [0.15, 0.2) is 47.5 Å². The van der Waals surface area contributed by atoms with Crippen molar-refractivity contribution in [2.24, 2.45) is 0 Å². The molecule has 1 aliphatic rings. The highest BCUT2D eigenvalue weighted by atomic mass is 32.1. The number of nitro groups is 1. The molecule has 1 aromatic carbocycles. The molecule has 3 rings (SSSR count). The van der Waals surface area contributed by atoms with E-state index in [4.69, 9.17) is 0 Å². The van der Waals surface area contributed by atoms with Crippen LogP contribution >= 0.6 is 11.3 Å². The molecule has 1 aliphatic heterocycles. The SMILES string of the molecule is CN1CC(Cc2ccccc2)N(C)C(C(=O)C=O)C1=Cc1sccc1[N+](=O)[O-]. The van der Waals surface area contributed by atoms with Crippen molar-refractivity contribution in [3.8, 4) is 0 Å². The highest BCUT2D eigenvalue weighted by Gasteiger charge is 2.38. The average molecular weight is 399 g/mol. The van der Waals surface area contributed by atoms with Crippen molar-refractivity contribution in [2.45, 2.75) is 18.5 Å². The van der Waals surface area contributed by atoms with E-state index >= 15 is 0 Å². The highest BCUT2D eigenvalue weighted by molar-refractivity contribution is 7.11. The van der Waals surface area contributed by atoms with Gasteiger partial charge >= 0.3 is 0 Å². The van der Waals surface area contributed by atoms with E-state index in [0.717, 1.165) is 12.0 Å². The van der Waals surface area contributed by atoms with Crippen LogP contribution in [0.5, 0.6) is 0 Å². The Bertz CT molecular complexity index is 909. The summed E-state index contributed by atoms with van der Waals surface area (Å²) in [7, 11) is 3.67. The number of piperazine rings is 1. The number of aldehydes is 1. The molecule has 2 unspecified atom stereocenters. The molecular formula is C20H21N3O4S. The Morgan fingerprint density at radius 2 is 2.00 bits per heavy atom. The largest absolute Gasteiger partial charge is 0.375 e. The Hall–Kier alpha value is -2.84. The van der Waals surface area contributed by atoms with Crippen molar-refractivity contribution in [2.75, 3.05) is 20.6 Å². The van der Waals surface area contributed by atoms with Gasteiger partial charge in [0, 0.05) is 31.4 Å². The summed E-state index contributed by atoms with van der Waals surface area (Å²) in [5.74, 6) is -0.558. The molecule has 0 N–H and O–H groups in total. The second-order valence-electron chi connectivity index (χ2n) is 6.81. The number of carbonyl (C=O) groups is 2. The van der Waals surface area contributed by atoms with E-state index in [-0.39, 0.29) is 11.7 Å². The molecule has 8 heteroatoms. The van der Waals surface area contributed by atoms with E-state index < -0.39 is 16.7 Å². The number of hydrogen-bond acceptors (Lipinski definition) is 7. The molecule has 0 radical (unpaired) electrons. The average Bonchev–Trinajstić information content (AvgIpc) is 3.15. The van der Waals surface area contributed by atoms with Crippen LogP contribution in [-0.4, -0.2) is 59.5 Å². The van der Waals surface area contributed by atoms with E-state index in [1.165, 1.54) is 17.4 Å². The van der Waals surface area contributed by atoms with Gasteiger partial charge in [0.1, 0.15) is 10.9 Å². The summed E-state index contributed by atoms with van der Waals surface area (Å²) in [6.45, 7) is 0.638. The van der Waals surface area contributed by atoms with Crippen molar-refractivity contribution >= 4 is 35.2 Å². The molecule has 2 heterocycles. The maximum atomic E-state index is 12.5. The van der Waals surface area contributed by atoms with Gasteiger partial charge in [-0.1, -0.05) is 30.3 Å². The lowest BCUT2D eigenvalue weighted by Crippen LogP contribution is -2.58. The zero-order valence-corrected chi connectivity index (χ0v) is 16.5. The van der Waals surface area contributed by atoms with Gasteiger partial charge in [-0.25, -0.2) is 0 Å². The molecule has 1 saturated heterocycles. The number of likely N-dealkylation sites (N-methyl/N-ethyl adjacent to an activating group) is 2. The lowest BCUT2D eigenvalue weighted by Gasteiger charge is -2.45. The fourth-order valence-corrected chi connectivity index (χ4v) is 4.38. The van der Waals surface area contributed by atoms with Gasteiger partial charge in [-0.05, 0) is 30.5 Å². The number of ketones is 1. The molecule has 2 aromatic rings. The fraction of sp³-hybridized carbons (Fsp3) is 0.300. The Labute approximate surface area is 167 Å². The van der Waals surface area contributed by atoms with E-state index in [0.29, 0.717) is 23.4 Å². The molecule has 2 atom stereocenters. The third-order valence-electron chi connectivity index (χ3n) is 5.04. The smallest absolute Gasteiger partial charge is 0.287 e. The Balaban J connectivity index is 1.96. The highest BCUT2D eigenvalue weighted by Crippen LogP contribution is 2.32. The van der Waals surface area contributed by atoms with Gasteiger partial charge in [-0.3, -0.25) is 24.6 Å². The van der Waals surface area contributed by atoms with Crippen LogP contribution in [0.25, 0.3) is 6.08 Å². The lowest BCUT2D eigenvalue weighted by atomic mass is 9.95. The monoisotopic (exact) mass is 399 g/mol. The third-order valence-corrected chi connectivity index (χ3v) is 5.89. The van der Waals surface area contributed by atoms with Gasteiger partial charge in [0.2, 0.25) is 5.78 Å². The fourth-order valence-electron chi connectivity index (χ4n) is 3.58. The Kier molecular flexibility index (Phi) is 6.01. The Morgan fingerprint density at radius 1 is 1.29 bits per heavy atom. The first-order chi connectivity index (χ1) is 13.4. The van der Waals surface area contributed by atoms with Crippen molar-refractivity contribution < 1.29 is 14.5 Å². The van der Waals surface area contributed by atoms with E-state index in [9.17, 15) is 19.7 Å². The summed E-state index contributed by atoms with van der Waals surface area (Å²) < 4.78 is 0. The number of carbonyl (C=O) groups excluding carboxylic acids is 2. The van der Waals surface area contributed by atoms with Crippen LogP contribution in [0.2, 0.25) is 0 Å². The molecular weight excluding hydrogens is 378 g/mol. The van der Waals surface area contributed by atoms with Crippen molar-refractivity contribution in [3.63, 3.8) is 0 Å². The van der Waals surface area contributed by atoms with Crippen LogP contribution in [0.3, 0.4) is 0 Å². The van der Waals surface area contributed by atoms with E-state index in [1.807, 2.05) is 54.2 Å². The number of nitrogens with zero attached hydrogens (tertiary/aromatic N) is 3. The van der Waals surface area contributed by atoms with Crippen LogP contribution < -0.4 is 0 Å². The summed E-state index contributed by atoms with van der Waals surface area (Å²) in [4.78, 5) is 38.9. The van der Waals surface area contributed by atoms with Crippen LogP contribution in [0.4, 0.5) is 5.69 Å². The Morgan fingerprint density at radius 3 is 2.64 bits per heavy atom. The zero-order valence-electron chi connectivity index (χ0n) is 15.6.